The van der Waals surface area contributed by atoms with Gasteiger partial charge in [-0.3, -0.25) is 4.79 Å². The van der Waals surface area contributed by atoms with E-state index in [1.54, 1.807) is 20.3 Å². The second-order valence-electron chi connectivity index (χ2n) is 7.13. The number of hydrogen-bond donors (Lipinski definition) is 1. The molecular formula is C25H20Br2N2O4S. The van der Waals surface area contributed by atoms with Crippen LogP contribution in [0.4, 0.5) is 5.69 Å². The Labute approximate surface area is 218 Å². The lowest BCUT2D eigenvalue weighted by atomic mass is 10.2. The monoisotopic (exact) mass is 602 g/mol. The zero-order chi connectivity index (χ0) is 24.1. The summed E-state index contributed by atoms with van der Waals surface area (Å²) in [5.41, 5.74) is 2.55. The van der Waals surface area contributed by atoms with Crippen molar-refractivity contribution >= 4 is 66.5 Å². The molecule has 0 radical (unpaired) electrons. The zero-order valence-electron chi connectivity index (χ0n) is 18.3. The Balaban J connectivity index is 1.51. The molecule has 1 saturated heterocycles. The molecule has 0 aromatic heterocycles. The first kappa shape index (κ1) is 24.4. The van der Waals surface area contributed by atoms with Crippen LogP contribution >= 0.6 is 43.6 Å². The van der Waals surface area contributed by atoms with Crippen LogP contribution in [0.5, 0.6) is 17.2 Å². The molecule has 174 valence electrons. The average molecular weight is 604 g/mol. The van der Waals surface area contributed by atoms with Crippen LogP contribution in [0, 0.1) is 0 Å². The number of rotatable bonds is 7. The first-order chi connectivity index (χ1) is 16.4. The zero-order valence-corrected chi connectivity index (χ0v) is 22.3. The molecule has 34 heavy (non-hydrogen) atoms. The number of ether oxygens (including phenoxy) is 3. The molecule has 1 fully saturated rings. The maximum Gasteiger partial charge on any atom is 0.264 e. The third-order valence-corrected chi connectivity index (χ3v) is 6.83. The van der Waals surface area contributed by atoms with Gasteiger partial charge >= 0.3 is 0 Å². The standard InChI is InChI=1S/C25H20Br2N2O4S/c1-31-19-9-7-18(8-10-19)28-25-29-24(30)22(34-25)13-16-11-20(27)23(21(12-16)32-2)33-14-15-3-5-17(26)6-4-15/h3-13H,14H2,1-2H3,(H,28,29,30)/b22-13+. The highest BCUT2D eigenvalue weighted by Crippen LogP contribution is 2.39. The third kappa shape index (κ3) is 6.02. The lowest BCUT2D eigenvalue weighted by Gasteiger charge is -2.14. The van der Waals surface area contributed by atoms with E-state index in [1.165, 1.54) is 11.8 Å². The summed E-state index contributed by atoms with van der Waals surface area (Å²) in [5.74, 6) is 1.70. The fourth-order valence-electron chi connectivity index (χ4n) is 3.11. The van der Waals surface area contributed by atoms with E-state index in [1.807, 2.05) is 60.7 Å². The fraction of sp³-hybridized carbons (Fsp3) is 0.120. The van der Waals surface area contributed by atoms with Crippen LogP contribution in [0.25, 0.3) is 6.08 Å². The third-order valence-electron chi connectivity index (χ3n) is 4.80. The van der Waals surface area contributed by atoms with Gasteiger partial charge in [-0.1, -0.05) is 28.1 Å². The van der Waals surface area contributed by atoms with Gasteiger partial charge in [0, 0.05) is 4.47 Å². The molecule has 6 nitrogen and oxygen atoms in total. The van der Waals surface area contributed by atoms with E-state index in [2.05, 4.69) is 42.2 Å². The predicted octanol–water partition coefficient (Wildman–Crippen LogP) is 6.70. The van der Waals surface area contributed by atoms with Gasteiger partial charge in [0.15, 0.2) is 16.7 Å². The van der Waals surface area contributed by atoms with Crippen molar-refractivity contribution in [3.05, 3.63) is 85.6 Å². The van der Waals surface area contributed by atoms with E-state index in [4.69, 9.17) is 14.2 Å². The number of benzene rings is 3. The van der Waals surface area contributed by atoms with Crippen molar-refractivity contribution in [2.45, 2.75) is 6.61 Å². The van der Waals surface area contributed by atoms with Crippen molar-refractivity contribution in [3.8, 4) is 17.2 Å². The molecule has 0 bridgehead atoms. The van der Waals surface area contributed by atoms with Crippen LogP contribution in [0.15, 0.2) is 79.5 Å². The summed E-state index contributed by atoms with van der Waals surface area (Å²) in [6.07, 6.45) is 1.79. The molecule has 3 aromatic carbocycles. The van der Waals surface area contributed by atoms with E-state index >= 15 is 0 Å². The molecule has 3 aromatic rings. The molecule has 0 saturated carbocycles. The fourth-order valence-corrected chi connectivity index (χ4v) is 4.79. The molecule has 9 heteroatoms. The van der Waals surface area contributed by atoms with E-state index in [9.17, 15) is 4.79 Å². The minimum atomic E-state index is -0.206. The molecule has 0 unspecified atom stereocenters. The van der Waals surface area contributed by atoms with Gasteiger partial charge in [0.05, 0.1) is 29.3 Å². The number of nitrogens with zero attached hydrogens (tertiary/aromatic N) is 1. The second kappa shape index (κ2) is 11.1. The first-order valence-corrected chi connectivity index (χ1v) is 12.5. The minimum Gasteiger partial charge on any atom is -0.497 e. The average Bonchev–Trinajstić information content (AvgIpc) is 3.17. The van der Waals surface area contributed by atoms with Gasteiger partial charge in [0.1, 0.15) is 12.4 Å². The van der Waals surface area contributed by atoms with Gasteiger partial charge in [-0.15, -0.1) is 0 Å². The van der Waals surface area contributed by atoms with Crippen LogP contribution in [0.1, 0.15) is 11.1 Å². The maximum atomic E-state index is 12.5. The van der Waals surface area contributed by atoms with Crippen LogP contribution in [-0.4, -0.2) is 25.3 Å². The van der Waals surface area contributed by atoms with E-state index in [0.717, 1.165) is 31.5 Å². The number of amidine groups is 1. The van der Waals surface area contributed by atoms with Crippen molar-refractivity contribution in [2.75, 3.05) is 14.2 Å². The Morgan fingerprint density at radius 1 is 1.00 bits per heavy atom. The number of hydrogen-bond acceptors (Lipinski definition) is 6. The van der Waals surface area contributed by atoms with Crippen LogP contribution in [0.2, 0.25) is 0 Å². The summed E-state index contributed by atoms with van der Waals surface area (Å²) in [6.45, 7) is 0.395. The topological polar surface area (TPSA) is 69.2 Å². The van der Waals surface area contributed by atoms with Gasteiger partial charge < -0.3 is 19.5 Å². The van der Waals surface area contributed by atoms with Crippen molar-refractivity contribution < 1.29 is 19.0 Å². The number of carbonyl (C=O) groups excluding carboxylic acids is 1. The summed E-state index contributed by atoms with van der Waals surface area (Å²) in [5, 5.41) is 3.32. The Hall–Kier alpha value is -2.75. The molecule has 0 spiro atoms. The molecule has 1 aliphatic rings. The van der Waals surface area contributed by atoms with Crippen LogP contribution < -0.4 is 19.5 Å². The number of aliphatic imine (C=N–C) groups is 1. The van der Waals surface area contributed by atoms with E-state index in [0.29, 0.717) is 28.2 Å². The number of carbonyl (C=O) groups is 1. The SMILES string of the molecule is COc1ccc(N=C2NC(=O)/C(=C\c3cc(Br)c(OCc4ccc(Br)cc4)c(OC)c3)S2)cc1. The smallest absolute Gasteiger partial charge is 0.264 e. The van der Waals surface area contributed by atoms with Crippen molar-refractivity contribution in [3.63, 3.8) is 0 Å². The molecular weight excluding hydrogens is 584 g/mol. The number of halogens is 2. The number of thioether (sulfide) groups is 1. The van der Waals surface area contributed by atoms with Gasteiger partial charge in [-0.2, -0.15) is 0 Å². The highest BCUT2D eigenvalue weighted by atomic mass is 79.9. The quantitative estimate of drug-likeness (QED) is 0.304. The van der Waals surface area contributed by atoms with Gasteiger partial charge in [-0.05, 0) is 93.4 Å². The maximum absolute atomic E-state index is 12.5. The molecule has 0 atom stereocenters. The normalized spacial score (nSPS) is 15.5. The molecule has 1 heterocycles. The number of methoxy groups -OCH3 is 2. The van der Waals surface area contributed by atoms with Crippen molar-refractivity contribution in [1.82, 2.24) is 5.32 Å². The molecule has 4 rings (SSSR count). The summed E-state index contributed by atoms with van der Waals surface area (Å²) in [6, 6.07) is 18.9. The second-order valence-corrected chi connectivity index (χ2v) is 9.93. The van der Waals surface area contributed by atoms with E-state index < -0.39 is 0 Å². The largest absolute Gasteiger partial charge is 0.497 e. The highest BCUT2D eigenvalue weighted by Gasteiger charge is 2.24. The van der Waals surface area contributed by atoms with Crippen molar-refractivity contribution in [1.29, 1.82) is 0 Å². The minimum absolute atomic E-state index is 0.206. The van der Waals surface area contributed by atoms with Crippen molar-refractivity contribution in [2.24, 2.45) is 4.99 Å². The Morgan fingerprint density at radius 2 is 1.74 bits per heavy atom. The van der Waals surface area contributed by atoms with Crippen LogP contribution in [0.3, 0.4) is 0 Å². The van der Waals surface area contributed by atoms with Gasteiger partial charge in [0.2, 0.25) is 0 Å². The molecule has 0 aliphatic carbocycles. The molecule has 1 amide bonds. The highest BCUT2D eigenvalue weighted by molar-refractivity contribution is 9.10. The number of amides is 1. The van der Waals surface area contributed by atoms with Gasteiger partial charge in [-0.25, -0.2) is 4.99 Å². The van der Waals surface area contributed by atoms with Crippen LogP contribution in [-0.2, 0) is 11.4 Å². The Morgan fingerprint density at radius 3 is 2.41 bits per heavy atom. The summed E-state index contributed by atoms with van der Waals surface area (Å²) >= 11 is 8.29. The Bertz CT molecular complexity index is 1260. The lowest BCUT2D eigenvalue weighted by Crippen LogP contribution is -2.19. The first-order valence-electron chi connectivity index (χ1n) is 10.1. The van der Waals surface area contributed by atoms with E-state index in [-0.39, 0.29) is 5.91 Å². The molecule has 1 aliphatic heterocycles. The summed E-state index contributed by atoms with van der Waals surface area (Å²) in [7, 11) is 3.20. The summed E-state index contributed by atoms with van der Waals surface area (Å²) < 4.78 is 18.5. The predicted molar refractivity (Wildman–Crippen MR) is 143 cm³/mol. The lowest BCUT2D eigenvalue weighted by molar-refractivity contribution is -0.115. The number of nitrogens with one attached hydrogen (secondary N) is 1. The Kier molecular flexibility index (Phi) is 7.97. The summed E-state index contributed by atoms with van der Waals surface area (Å²) in [4.78, 5) is 17.5. The molecule has 1 N–H and O–H groups in total. The van der Waals surface area contributed by atoms with Gasteiger partial charge in [0.25, 0.3) is 5.91 Å².